The molecule has 0 aliphatic carbocycles. The van der Waals surface area contributed by atoms with Gasteiger partial charge in [-0.05, 0) is 37.1 Å². The molecule has 2 aromatic rings. The summed E-state index contributed by atoms with van der Waals surface area (Å²) in [5.74, 6) is 0.967. The Kier molecular flexibility index (Phi) is 5.93. The number of piperidine rings is 1. The number of nitrogens with zero attached hydrogens (tertiary/aromatic N) is 2. The SMILES string of the molecule is COc1cc(C(=O)N2CCC(O)(c3cccnc3)CC2)ccc1OCCN. The van der Waals surface area contributed by atoms with E-state index in [1.165, 1.54) is 7.11 Å². The fourth-order valence-corrected chi connectivity index (χ4v) is 3.28. The molecular formula is C20H25N3O4. The van der Waals surface area contributed by atoms with Crippen molar-refractivity contribution in [2.45, 2.75) is 18.4 Å². The summed E-state index contributed by atoms with van der Waals surface area (Å²) in [7, 11) is 1.54. The van der Waals surface area contributed by atoms with Gasteiger partial charge in [0.15, 0.2) is 11.5 Å². The highest BCUT2D eigenvalue weighted by Crippen LogP contribution is 2.33. The van der Waals surface area contributed by atoms with Crippen molar-refractivity contribution < 1.29 is 19.4 Å². The molecule has 1 saturated heterocycles. The van der Waals surface area contributed by atoms with Gasteiger partial charge >= 0.3 is 0 Å². The standard InChI is InChI=1S/C20H25N3O4/c1-26-18-13-15(4-5-17(18)27-12-8-21)19(24)23-10-6-20(25,7-11-23)16-3-2-9-22-14-16/h2-5,9,13-14,25H,6-8,10-12,21H2,1H3. The Morgan fingerprint density at radius 1 is 1.30 bits per heavy atom. The molecule has 1 aliphatic heterocycles. The number of methoxy groups -OCH3 is 1. The summed E-state index contributed by atoms with van der Waals surface area (Å²) in [4.78, 5) is 18.7. The molecule has 3 rings (SSSR count). The van der Waals surface area contributed by atoms with Crippen molar-refractivity contribution in [3.05, 3.63) is 53.9 Å². The minimum atomic E-state index is -0.942. The predicted molar refractivity (Wildman–Crippen MR) is 101 cm³/mol. The molecule has 27 heavy (non-hydrogen) atoms. The number of rotatable bonds is 6. The second kappa shape index (κ2) is 8.37. The third kappa shape index (κ3) is 4.20. The van der Waals surface area contributed by atoms with Gasteiger partial charge in [0.2, 0.25) is 0 Å². The maximum Gasteiger partial charge on any atom is 0.253 e. The molecule has 0 spiro atoms. The summed E-state index contributed by atoms with van der Waals surface area (Å²) in [6, 6.07) is 8.80. The van der Waals surface area contributed by atoms with Gasteiger partial charge in [0, 0.05) is 43.2 Å². The maximum absolute atomic E-state index is 12.9. The molecule has 0 atom stereocenters. The fraction of sp³-hybridized carbons (Fsp3) is 0.400. The van der Waals surface area contributed by atoms with Gasteiger partial charge in [-0.15, -0.1) is 0 Å². The third-order valence-electron chi connectivity index (χ3n) is 4.86. The number of pyridine rings is 1. The lowest BCUT2D eigenvalue weighted by molar-refractivity contribution is -0.0213. The van der Waals surface area contributed by atoms with E-state index in [1.54, 1.807) is 35.5 Å². The van der Waals surface area contributed by atoms with Crippen LogP contribution in [-0.4, -0.2) is 54.2 Å². The van der Waals surface area contributed by atoms with Crippen molar-refractivity contribution in [1.82, 2.24) is 9.88 Å². The Bertz CT molecular complexity index is 774. The number of aliphatic hydroxyl groups is 1. The molecule has 144 valence electrons. The molecule has 1 aromatic heterocycles. The maximum atomic E-state index is 12.9. The van der Waals surface area contributed by atoms with E-state index in [9.17, 15) is 9.90 Å². The van der Waals surface area contributed by atoms with Crippen LogP contribution in [0.15, 0.2) is 42.7 Å². The summed E-state index contributed by atoms with van der Waals surface area (Å²) < 4.78 is 10.8. The molecule has 1 fully saturated rings. The molecule has 0 unspecified atom stereocenters. The van der Waals surface area contributed by atoms with Gasteiger partial charge in [-0.2, -0.15) is 0 Å². The minimum absolute atomic E-state index is 0.0908. The highest BCUT2D eigenvalue weighted by atomic mass is 16.5. The lowest BCUT2D eigenvalue weighted by Gasteiger charge is -2.38. The van der Waals surface area contributed by atoms with Gasteiger partial charge in [-0.3, -0.25) is 9.78 Å². The summed E-state index contributed by atoms with van der Waals surface area (Å²) >= 11 is 0. The van der Waals surface area contributed by atoms with Crippen molar-refractivity contribution >= 4 is 5.91 Å². The Labute approximate surface area is 158 Å². The average molecular weight is 371 g/mol. The number of aromatic nitrogens is 1. The number of ether oxygens (including phenoxy) is 2. The molecule has 2 heterocycles. The summed E-state index contributed by atoms with van der Waals surface area (Å²) in [6.07, 6.45) is 4.31. The Morgan fingerprint density at radius 2 is 2.07 bits per heavy atom. The smallest absolute Gasteiger partial charge is 0.253 e. The van der Waals surface area contributed by atoms with E-state index in [0.29, 0.717) is 56.1 Å². The van der Waals surface area contributed by atoms with Crippen molar-refractivity contribution in [2.75, 3.05) is 33.4 Å². The van der Waals surface area contributed by atoms with Crippen LogP contribution in [0, 0.1) is 0 Å². The summed E-state index contributed by atoms with van der Waals surface area (Å²) in [5.41, 5.74) is 5.83. The number of amides is 1. The van der Waals surface area contributed by atoms with Crippen LogP contribution >= 0.6 is 0 Å². The van der Waals surface area contributed by atoms with Crippen molar-refractivity contribution in [1.29, 1.82) is 0 Å². The predicted octanol–water partition coefficient (Wildman–Crippen LogP) is 1.55. The van der Waals surface area contributed by atoms with E-state index in [2.05, 4.69) is 4.98 Å². The third-order valence-corrected chi connectivity index (χ3v) is 4.86. The van der Waals surface area contributed by atoms with Gasteiger partial charge in [0.05, 0.1) is 12.7 Å². The molecule has 1 aromatic carbocycles. The van der Waals surface area contributed by atoms with Crippen LogP contribution in [0.5, 0.6) is 11.5 Å². The van der Waals surface area contributed by atoms with E-state index in [0.717, 1.165) is 5.56 Å². The highest BCUT2D eigenvalue weighted by molar-refractivity contribution is 5.95. The van der Waals surface area contributed by atoms with Gasteiger partial charge in [-0.1, -0.05) is 6.07 Å². The number of nitrogens with two attached hydrogens (primary N) is 1. The Morgan fingerprint density at radius 3 is 2.70 bits per heavy atom. The van der Waals surface area contributed by atoms with Gasteiger partial charge < -0.3 is 25.2 Å². The average Bonchev–Trinajstić information content (AvgIpc) is 2.73. The minimum Gasteiger partial charge on any atom is -0.493 e. The first kappa shape index (κ1) is 19.1. The van der Waals surface area contributed by atoms with Crippen LogP contribution in [0.3, 0.4) is 0 Å². The lowest BCUT2D eigenvalue weighted by Crippen LogP contribution is -2.45. The number of hydrogen-bond donors (Lipinski definition) is 2. The lowest BCUT2D eigenvalue weighted by atomic mass is 9.85. The van der Waals surface area contributed by atoms with Crippen LogP contribution in [-0.2, 0) is 5.60 Å². The van der Waals surface area contributed by atoms with Crippen LogP contribution in [0.25, 0.3) is 0 Å². The van der Waals surface area contributed by atoms with E-state index in [1.807, 2.05) is 12.1 Å². The number of carbonyl (C=O) groups excluding carboxylic acids is 1. The molecule has 7 nitrogen and oxygen atoms in total. The second-order valence-electron chi connectivity index (χ2n) is 6.57. The monoisotopic (exact) mass is 371 g/mol. The van der Waals surface area contributed by atoms with Crippen LogP contribution in [0.2, 0.25) is 0 Å². The van der Waals surface area contributed by atoms with Gasteiger partial charge in [0.1, 0.15) is 6.61 Å². The normalized spacial score (nSPS) is 16.0. The zero-order valence-electron chi connectivity index (χ0n) is 15.4. The first-order valence-electron chi connectivity index (χ1n) is 9.00. The molecule has 0 bridgehead atoms. The van der Waals surface area contributed by atoms with Crippen LogP contribution < -0.4 is 15.2 Å². The first-order valence-corrected chi connectivity index (χ1v) is 9.00. The Balaban J connectivity index is 1.69. The van der Waals surface area contributed by atoms with Crippen LogP contribution in [0.1, 0.15) is 28.8 Å². The van der Waals surface area contributed by atoms with E-state index >= 15 is 0 Å². The van der Waals surface area contributed by atoms with Crippen molar-refractivity contribution in [3.63, 3.8) is 0 Å². The summed E-state index contributed by atoms with van der Waals surface area (Å²) in [6.45, 7) is 1.72. The van der Waals surface area contributed by atoms with E-state index < -0.39 is 5.60 Å². The van der Waals surface area contributed by atoms with Crippen LogP contribution in [0.4, 0.5) is 0 Å². The van der Waals surface area contributed by atoms with Gasteiger partial charge in [-0.25, -0.2) is 0 Å². The zero-order valence-corrected chi connectivity index (χ0v) is 15.4. The first-order chi connectivity index (χ1) is 13.1. The number of carbonyl (C=O) groups is 1. The zero-order chi connectivity index (χ0) is 19.3. The van der Waals surface area contributed by atoms with Crippen molar-refractivity contribution in [2.24, 2.45) is 5.73 Å². The largest absolute Gasteiger partial charge is 0.493 e. The number of likely N-dealkylation sites (tertiary alicyclic amines) is 1. The second-order valence-corrected chi connectivity index (χ2v) is 6.57. The van der Waals surface area contributed by atoms with Crippen molar-refractivity contribution in [3.8, 4) is 11.5 Å². The van der Waals surface area contributed by atoms with E-state index in [4.69, 9.17) is 15.2 Å². The van der Waals surface area contributed by atoms with E-state index in [-0.39, 0.29) is 5.91 Å². The molecule has 1 aliphatic rings. The fourth-order valence-electron chi connectivity index (χ4n) is 3.28. The molecular weight excluding hydrogens is 346 g/mol. The molecule has 7 heteroatoms. The quantitative estimate of drug-likeness (QED) is 0.800. The Hall–Kier alpha value is -2.64. The van der Waals surface area contributed by atoms with Gasteiger partial charge in [0.25, 0.3) is 5.91 Å². The molecule has 1 amide bonds. The summed E-state index contributed by atoms with van der Waals surface area (Å²) in [5, 5.41) is 10.9. The molecule has 0 saturated carbocycles. The number of benzene rings is 1. The topological polar surface area (TPSA) is 97.9 Å². The molecule has 0 radical (unpaired) electrons. The molecule has 3 N–H and O–H groups in total. The highest BCUT2D eigenvalue weighted by Gasteiger charge is 2.35. The number of hydrogen-bond acceptors (Lipinski definition) is 6.